The summed E-state index contributed by atoms with van der Waals surface area (Å²) in [5.74, 6) is 1.73. The molecule has 0 spiro atoms. The highest BCUT2D eigenvalue weighted by molar-refractivity contribution is 5.50. The van der Waals surface area contributed by atoms with Crippen molar-refractivity contribution < 1.29 is 9.84 Å². The summed E-state index contributed by atoms with van der Waals surface area (Å²) in [6.07, 6.45) is 7.70. The van der Waals surface area contributed by atoms with Crippen molar-refractivity contribution in [3.05, 3.63) is 30.4 Å². The Morgan fingerprint density at radius 2 is 2.25 bits per heavy atom. The van der Waals surface area contributed by atoms with Gasteiger partial charge in [-0.3, -0.25) is 4.40 Å². The lowest BCUT2D eigenvalue weighted by Crippen LogP contribution is -2.22. The zero-order valence-electron chi connectivity index (χ0n) is 12.1. The van der Waals surface area contributed by atoms with Crippen LogP contribution in [0.2, 0.25) is 0 Å². The van der Waals surface area contributed by atoms with E-state index in [1.807, 2.05) is 16.5 Å². The molecule has 0 amide bonds. The minimum absolute atomic E-state index is 0.306. The smallest absolute Gasteiger partial charge is 0.141 e. The molecular weight excluding hydrogens is 252 g/mol. The van der Waals surface area contributed by atoms with Crippen molar-refractivity contribution in [3.8, 4) is 5.75 Å². The first-order valence-corrected chi connectivity index (χ1v) is 7.37. The van der Waals surface area contributed by atoms with Crippen LogP contribution in [-0.2, 0) is 0 Å². The number of hydrogen-bond donors (Lipinski definition) is 1. The molecule has 1 aliphatic carbocycles. The van der Waals surface area contributed by atoms with Crippen LogP contribution in [0.4, 0.5) is 0 Å². The topological polar surface area (TPSA) is 46.8 Å². The number of rotatable bonds is 3. The van der Waals surface area contributed by atoms with E-state index < -0.39 is 6.10 Å². The minimum Gasteiger partial charge on any atom is -0.495 e. The Morgan fingerprint density at radius 1 is 1.40 bits per heavy atom. The number of pyridine rings is 1. The monoisotopic (exact) mass is 274 g/mol. The molecule has 1 aliphatic rings. The SMILES string of the molecule is COc1ccc2cncn2c1C(O)C1CCCC(C)C1. The highest BCUT2D eigenvalue weighted by Gasteiger charge is 2.29. The van der Waals surface area contributed by atoms with Crippen LogP contribution in [0.5, 0.6) is 5.75 Å². The highest BCUT2D eigenvalue weighted by atomic mass is 16.5. The van der Waals surface area contributed by atoms with E-state index in [4.69, 9.17) is 4.74 Å². The summed E-state index contributed by atoms with van der Waals surface area (Å²) in [4.78, 5) is 4.18. The largest absolute Gasteiger partial charge is 0.495 e. The third-order valence-electron chi connectivity index (χ3n) is 4.51. The number of nitrogens with zero attached hydrogens (tertiary/aromatic N) is 2. The average Bonchev–Trinajstić information content (AvgIpc) is 2.93. The predicted octanol–water partition coefficient (Wildman–Crippen LogP) is 3.20. The average molecular weight is 274 g/mol. The second-order valence-electron chi connectivity index (χ2n) is 5.95. The van der Waals surface area contributed by atoms with E-state index in [2.05, 4.69) is 11.9 Å². The van der Waals surface area contributed by atoms with E-state index in [0.29, 0.717) is 11.8 Å². The standard InChI is InChI=1S/C16H22N2O2/c1-11-4-3-5-12(8-11)16(19)15-14(20-2)7-6-13-9-17-10-18(13)15/h6-7,9-12,16,19H,3-5,8H2,1-2H3. The number of hydrogen-bond acceptors (Lipinski definition) is 3. The number of aromatic nitrogens is 2. The molecule has 3 unspecified atom stereocenters. The van der Waals surface area contributed by atoms with Gasteiger partial charge in [0.15, 0.2) is 0 Å². The summed E-state index contributed by atoms with van der Waals surface area (Å²) in [6, 6.07) is 3.88. The van der Waals surface area contributed by atoms with Crippen LogP contribution in [0.15, 0.2) is 24.7 Å². The van der Waals surface area contributed by atoms with Gasteiger partial charge in [-0.1, -0.05) is 19.8 Å². The van der Waals surface area contributed by atoms with Crippen molar-refractivity contribution >= 4 is 5.52 Å². The van der Waals surface area contributed by atoms with Gasteiger partial charge in [0.2, 0.25) is 0 Å². The second kappa shape index (κ2) is 5.44. The van der Waals surface area contributed by atoms with Crippen molar-refractivity contribution in [1.29, 1.82) is 0 Å². The molecule has 0 aliphatic heterocycles. The zero-order valence-corrected chi connectivity index (χ0v) is 12.1. The van der Waals surface area contributed by atoms with E-state index in [1.54, 1.807) is 19.6 Å². The molecule has 1 saturated carbocycles. The van der Waals surface area contributed by atoms with Gasteiger partial charge in [-0.15, -0.1) is 0 Å². The van der Waals surface area contributed by atoms with Gasteiger partial charge >= 0.3 is 0 Å². The second-order valence-corrected chi connectivity index (χ2v) is 5.95. The molecule has 20 heavy (non-hydrogen) atoms. The molecule has 3 atom stereocenters. The van der Waals surface area contributed by atoms with Crippen LogP contribution in [0.1, 0.15) is 44.4 Å². The number of aliphatic hydroxyl groups excluding tert-OH is 1. The Balaban J connectivity index is 2.00. The van der Waals surface area contributed by atoms with Crippen molar-refractivity contribution in [3.63, 3.8) is 0 Å². The first-order valence-electron chi connectivity index (χ1n) is 7.37. The molecule has 0 aromatic carbocycles. The molecule has 0 saturated heterocycles. The van der Waals surface area contributed by atoms with E-state index in [-0.39, 0.29) is 0 Å². The van der Waals surface area contributed by atoms with E-state index in [1.165, 1.54) is 12.8 Å². The van der Waals surface area contributed by atoms with Crippen LogP contribution >= 0.6 is 0 Å². The molecule has 2 aromatic rings. The summed E-state index contributed by atoms with van der Waals surface area (Å²) in [5, 5.41) is 10.9. The van der Waals surface area contributed by atoms with Crippen molar-refractivity contribution in [1.82, 2.24) is 9.38 Å². The van der Waals surface area contributed by atoms with Crippen LogP contribution in [0.3, 0.4) is 0 Å². The highest BCUT2D eigenvalue weighted by Crippen LogP contribution is 2.39. The summed E-state index contributed by atoms with van der Waals surface area (Å²) < 4.78 is 7.40. The Hall–Kier alpha value is -1.55. The van der Waals surface area contributed by atoms with Crippen molar-refractivity contribution in [2.45, 2.75) is 38.7 Å². The molecule has 2 heterocycles. The van der Waals surface area contributed by atoms with Crippen LogP contribution < -0.4 is 4.74 Å². The molecular formula is C16H22N2O2. The maximum Gasteiger partial charge on any atom is 0.141 e. The lowest BCUT2D eigenvalue weighted by atomic mass is 9.78. The molecule has 108 valence electrons. The molecule has 4 nitrogen and oxygen atoms in total. The van der Waals surface area contributed by atoms with Gasteiger partial charge in [-0.25, -0.2) is 4.98 Å². The minimum atomic E-state index is -0.495. The van der Waals surface area contributed by atoms with Crippen LogP contribution in [0.25, 0.3) is 5.52 Å². The summed E-state index contributed by atoms with van der Waals surface area (Å²) in [5.41, 5.74) is 1.82. The van der Waals surface area contributed by atoms with Crippen LogP contribution in [-0.4, -0.2) is 21.6 Å². The Morgan fingerprint density at radius 3 is 3.00 bits per heavy atom. The van der Waals surface area contributed by atoms with Gasteiger partial charge in [0.05, 0.1) is 30.8 Å². The van der Waals surface area contributed by atoms with Gasteiger partial charge < -0.3 is 9.84 Å². The normalized spacial score (nSPS) is 24.8. The van der Waals surface area contributed by atoms with Gasteiger partial charge in [-0.2, -0.15) is 0 Å². The van der Waals surface area contributed by atoms with E-state index in [9.17, 15) is 5.11 Å². The number of methoxy groups -OCH3 is 1. The summed E-state index contributed by atoms with van der Waals surface area (Å²) in [7, 11) is 1.65. The molecule has 3 rings (SSSR count). The lowest BCUT2D eigenvalue weighted by molar-refractivity contribution is 0.0648. The Bertz CT molecular complexity index is 593. The predicted molar refractivity (Wildman–Crippen MR) is 77.8 cm³/mol. The quantitative estimate of drug-likeness (QED) is 0.935. The van der Waals surface area contributed by atoms with Gasteiger partial charge in [0.25, 0.3) is 0 Å². The fraction of sp³-hybridized carbons (Fsp3) is 0.562. The summed E-state index contributed by atoms with van der Waals surface area (Å²) in [6.45, 7) is 2.27. The first-order chi connectivity index (χ1) is 9.70. The van der Waals surface area contributed by atoms with Gasteiger partial charge in [-0.05, 0) is 36.8 Å². The zero-order chi connectivity index (χ0) is 14.1. The molecule has 0 bridgehead atoms. The fourth-order valence-corrected chi connectivity index (χ4v) is 3.45. The number of imidazole rings is 1. The van der Waals surface area contributed by atoms with Crippen LogP contribution in [0, 0.1) is 11.8 Å². The number of fused-ring (bicyclic) bond motifs is 1. The Kier molecular flexibility index (Phi) is 3.66. The maximum atomic E-state index is 10.9. The molecule has 2 aromatic heterocycles. The number of ether oxygens (including phenoxy) is 1. The van der Waals surface area contributed by atoms with E-state index in [0.717, 1.165) is 29.8 Å². The molecule has 1 fully saturated rings. The van der Waals surface area contributed by atoms with Crippen molar-refractivity contribution in [2.24, 2.45) is 11.8 Å². The fourth-order valence-electron chi connectivity index (χ4n) is 3.45. The third-order valence-corrected chi connectivity index (χ3v) is 4.51. The van der Waals surface area contributed by atoms with Gasteiger partial charge in [0, 0.05) is 0 Å². The molecule has 1 N–H and O–H groups in total. The maximum absolute atomic E-state index is 10.9. The van der Waals surface area contributed by atoms with Gasteiger partial charge in [0.1, 0.15) is 11.9 Å². The third kappa shape index (κ3) is 2.29. The van der Waals surface area contributed by atoms with E-state index >= 15 is 0 Å². The van der Waals surface area contributed by atoms with Crippen molar-refractivity contribution in [2.75, 3.05) is 7.11 Å². The molecule has 4 heteroatoms. The molecule has 0 radical (unpaired) electrons. The lowest BCUT2D eigenvalue weighted by Gasteiger charge is -2.31. The number of aliphatic hydroxyl groups is 1. The Labute approximate surface area is 119 Å². The first kappa shape index (κ1) is 13.4. The summed E-state index contributed by atoms with van der Waals surface area (Å²) >= 11 is 0.